The number of anilines is 1. The predicted molar refractivity (Wildman–Crippen MR) is 114 cm³/mol. The molecule has 8 heteroatoms. The molecule has 1 aliphatic heterocycles. The number of hydrogen-bond acceptors (Lipinski definition) is 4. The highest BCUT2D eigenvalue weighted by molar-refractivity contribution is 9.10. The fourth-order valence-corrected chi connectivity index (χ4v) is 4.23. The van der Waals surface area contributed by atoms with Crippen molar-refractivity contribution in [2.75, 3.05) is 25.0 Å². The second-order valence-electron chi connectivity index (χ2n) is 7.30. The number of para-hydroxylation sites is 2. The van der Waals surface area contributed by atoms with Crippen LogP contribution in [0, 0.1) is 6.92 Å². The minimum atomic E-state index is -0.259. The molecule has 148 valence electrons. The number of benzene rings is 1. The van der Waals surface area contributed by atoms with Crippen LogP contribution >= 0.6 is 15.9 Å². The molecular formula is C20H25BrN6O. The lowest BCUT2D eigenvalue weighted by molar-refractivity contribution is 0.101. The first-order valence-electron chi connectivity index (χ1n) is 9.72. The van der Waals surface area contributed by atoms with E-state index < -0.39 is 0 Å². The molecule has 0 atom stereocenters. The summed E-state index contributed by atoms with van der Waals surface area (Å²) in [6, 6.07) is 8.00. The maximum Gasteiger partial charge on any atom is 0.279 e. The number of carbonyl (C=O) groups is 1. The van der Waals surface area contributed by atoms with E-state index in [1.807, 2.05) is 32.2 Å². The van der Waals surface area contributed by atoms with Crippen LogP contribution in [0.1, 0.15) is 35.4 Å². The van der Waals surface area contributed by atoms with Crippen molar-refractivity contribution in [3.63, 3.8) is 0 Å². The van der Waals surface area contributed by atoms with Crippen LogP contribution in [0.25, 0.3) is 11.0 Å². The van der Waals surface area contributed by atoms with Crippen molar-refractivity contribution in [1.29, 1.82) is 0 Å². The number of aryl methyl sites for hydroxylation is 1. The van der Waals surface area contributed by atoms with E-state index in [2.05, 4.69) is 46.9 Å². The van der Waals surface area contributed by atoms with Gasteiger partial charge in [-0.25, -0.2) is 4.98 Å². The maximum absolute atomic E-state index is 12.9. The van der Waals surface area contributed by atoms with Crippen molar-refractivity contribution < 1.29 is 4.79 Å². The highest BCUT2D eigenvalue weighted by Gasteiger charge is 2.21. The standard InChI is InChI=1S/C20H25BrN6O/c1-14-17(21)18(24-25(14)2)19(28)23-20-22-15-8-4-5-9-16(15)27(20)13-12-26-10-6-3-7-11-26/h4-5,8-9H,3,6-7,10-13H2,1-2H3,(H,22,23,28). The number of amides is 1. The first kappa shape index (κ1) is 19.1. The quantitative estimate of drug-likeness (QED) is 0.652. The molecule has 0 aliphatic carbocycles. The third-order valence-electron chi connectivity index (χ3n) is 5.44. The Morgan fingerprint density at radius 1 is 1.18 bits per heavy atom. The molecule has 0 bridgehead atoms. The highest BCUT2D eigenvalue weighted by atomic mass is 79.9. The highest BCUT2D eigenvalue weighted by Crippen LogP contribution is 2.23. The molecule has 1 fully saturated rings. The molecule has 0 saturated carbocycles. The Morgan fingerprint density at radius 3 is 2.64 bits per heavy atom. The molecule has 1 aromatic carbocycles. The van der Waals surface area contributed by atoms with Crippen LogP contribution in [0.5, 0.6) is 0 Å². The number of aromatic nitrogens is 4. The molecular weight excluding hydrogens is 420 g/mol. The monoisotopic (exact) mass is 444 g/mol. The van der Waals surface area contributed by atoms with Gasteiger partial charge >= 0.3 is 0 Å². The van der Waals surface area contributed by atoms with Gasteiger partial charge in [0.25, 0.3) is 5.91 Å². The maximum atomic E-state index is 12.9. The number of likely N-dealkylation sites (tertiary alicyclic amines) is 1. The van der Waals surface area contributed by atoms with Gasteiger partial charge in [-0.05, 0) is 60.9 Å². The average molecular weight is 445 g/mol. The Morgan fingerprint density at radius 2 is 1.93 bits per heavy atom. The zero-order chi connectivity index (χ0) is 19.7. The lowest BCUT2D eigenvalue weighted by Gasteiger charge is -2.26. The number of halogens is 1. The summed E-state index contributed by atoms with van der Waals surface area (Å²) in [5.41, 5.74) is 3.19. The van der Waals surface area contributed by atoms with Crippen LogP contribution in [0.4, 0.5) is 5.95 Å². The molecule has 1 amide bonds. The van der Waals surface area contributed by atoms with Crippen LogP contribution in [0.15, 0.2) is 28.7 Å². The van der Waals surface area contributed by atoms with Crippen molar-refractivity contribution in [3.05, 3.63) is 40.1 Å². The second kappa shape index (κ2) is 8.05. The third kappa shape index (κ3) is 3.71. The van der Waals surface area contributed by atoms with Gasteiger partial charge in [0, 0.05) is 20.1 Å². The third-order valence-corrected chi connectivity index (χ3v) is 6.39. The number of nitrogens with one attached hydrogen (secondary N) is 1. The molecule has 1 saturated heterocycles. The van der Waals surface area contributed by atoms with E-state index in [0.717, 1.165) is 42.9 Å². The van der Waals surface area contributed by atoms with Gasteiger partial charge in [-0.3, -0.25) is 14.8 Å². The van der Waals surface area contributed by atoms with Crippen LogP contribution in [0.2, 0.25) is 0 Å². The van der Waals surface area contributed by atoms with E-state index in [1.54, 1.807) is 4.68 Å². The number of carbonyl (C=O) groups excluding carboxylic acids is 1. The van der Waals surface area contributed by atoms with Crippen LogP contribution in [0.3, 0.4) is 0 Å². The Hall–Kier alpha value is -2.19. The molecule has 1 N–H and O–H groups in total. The predicted octanol–water partition coefficient (Wildman–Crippen LogP) is 3.58. The van der Waals surface area contributed by atoms with Gasteiger partial charge in [-0.15, -0.1) is 0 Å². The van der Waals surface area contributed by atoms with Gasteiger partial charge < -0.3 is 9.47 Å². The molecule has 28 heavy (non-hydrogen) atoms. The molecule has 7 nitrogen and oxygen atoms in total. The van der Waals surface area contributed by atoms with Gasteiger partial charge in [0.2, 0.25) is 5.95 Å². The minimum Gasteiger partial charge on any atom is -0.309 e. The molecule has 1 aliphatic rings. The summed E-state index contributed by atoms with van der Waals surface area (Å²) in [5, 5.41) is 7.30. The zero-order valence-electron chi connectivity index (χ0n) is 16.3. The first-order chi connectivity index (χ1) is 13.5. The SMILES string of the molecule is Cc1c(Br)c(C(=O)Nc2nc3ccccc3n2CCN2CCCCC2)nn1C. The summed E-state index contributed by atoms with van der Waals surface area (Å²) in [5.74, 6) is 0.309. The molecule has 3 aromatic rings. The minimum absolute atomic E-state index is 0.259. The van der Waals surface area contributed by atoms with Crippen molar-refractivity contribution in [2.24, 2.45) is 7.05 Å². The van der Waals surface area contributed by atoms with Gasteiger partial charge in [0.05, 0.1) is 21.2 Å². The average Bonchev–Trinajstić information content (AvgIpc) is 3.18. The normalized spacial score (nSPS) is 15.2. The van der Waals surface area contributed by atoms with Gasteiger partial charge in [0.1, 0.15) is 0 Å². The second-order valence-corrected chi connectivity index (χ2v) is 8.10. The van der Waals surface area contributed by atoms with E-state index in [0.29, 0.717) is 16.1 Å². The zero-order valence-corrected chi connectivity index (χ0v) is 17.9. The molecule has 3 heterocycles. The summed E-state index contributed by atoms with van der Waals surface area (Å²) >= 11 is 3.47. The fourth-order valence-electron chi connectivity index (χ4n) is 3.71. The number of nitrogens with zero attached hydrogens (tertiary/aromatic N) is 5. The fraction of sp³-hybridized carbons (Fsp3) is 0.450. The van der Waals surface area contributed by atoms with Gasteiger partial charge in [0.15, 0.2) is 5.69 Å². The summed E-state index contributed by atoms with van der Waals surface area (Å²) < 4.78 is 4.51. The Balaban J connectivity index is 1.60. The van der Waals surface area contributed by atoms with Crippen LogP contribution in [-0.4, -0.2) is 49.8 Å². The van der Waals surface area contributed by atoms with E-state index >= 15 is 0 Å². The van der Waals surface area contributed by atoms with E-state index in [4.69, 9.17) is 0 Å². The van der Waals surface area contributed by atoms with Crippen molar-refractivity contribution >= 4 is 38.8 Å². The van der Waals surface area contributed by atoms with Crippen molar-refractivity contribution in [1.82, 2.24) is 24.2 Å². The van der Waals surface area contributed by atoms with Crippen LogP contribution < -0.4 is 5.32 Å². The largest absolute Gasteiger partial charge is 0.309 e. The molecule has 4 rings (SSSR count). The van der Waals surface area contributed by atoms with E-state index in [1.165, 1.54) is 19.3 Å². The number of hydrogen-bond donors (Lipinski definition) is 1. The van der Waals surface area contributed by atoms with Crippen molar-refractivity contribution in [2.45, 2.75) is 32.7 Å². The number of rotatable bonds is 5. The first-order valence-corrected chi connectivity index (χ1v) is 10.5. The topological polar surface area (TPSA) is 68.0 Å². The summed E-state index contributed by atoms with van der Waals surface area (Å²) in [6.07, 6.45) is 3.85. The number of fused-ring (bicyclic) bond motifs is 1. The van der Waals surface area contributed by atoms with E-state index in [9.17, 15) is 4.79 Å². The Bertz CT molecular complexity index is 1000. The van der Waals surface area contributed by atoms with Gasteiger partial charge in [-0.1, -0.05) is 18.6 Å². The summed E-state index contributed by atoms with van der Waals surface area (Å²) in [4.78, 5) is 20.0. The molecule has 0 unspecified atom stereocenters. The van der Waals surface area contributed by atoms with Crippen LogP contribution in [-0.2, 0) is 13.6 Å². The Kier molecular flexibility index (Phi) is 5.50. The summed E-state index contributed by atoms with van der Waals surface area (Å²) in [7, 11) is 1.82. The molecule has 0 radical (unpaired) electrons. The lowest BCUT2D eigenvalue weighted by atomic mass is 10.1. The number of piperidine rings is 1. The van der Waals surface area contributed by atoms with Gasteiger partial charge in [-0.2, -0.15) is 5.10 Å². The Labute approximate surface area is 172 Å². The summed E-state index contributed by atoms with van der Waals surface area (Å²) in [6.45, 7) is 5.96. The van der Waals surface area contributed by atoms with E-state index in [-0.39, 0.29) is 5.91 Å². The number of imidazole rings is 1. The lowest BCUT2D eigenvalue weighted by Crippen LogP contribution is -2.32. The molecule has 0 spiro atoms. The molecule has 2 aromatic heterocycles. The van der Waals surface area contributed by atoms with Crippen molar-refractivity contribution in [3.8, 4) is 0 Å². The smallest absolute Gasteiger partial charge is 0.279 e.